The topological polar surface area (TPSA) is 65.1 Å². The van der Waals surface area contributed by atoms with Crippen molar-refractivity contribution in [3.63, 3.8) is 0 Å². The predicted molar refractivity (Wildman–Crippen MR) is 60.2 cm³/mol. The molecule has 2 aromatic rings. The van der Waals surface area contributed by atoms with E-state index in [0.29, 0.717) is 13.0 Å². The molecule has 88 valence electrons. The summed E-state index contributed by atoms with van der Waals surface area (Å²) in [6, 6.07) is 3.94. The van der Waals surface area contributed by atoms with Crippen LogP contribution in [0.2, 0.25) is 0 Å². The van der Waals surface area contributed by atoms with Crippen LogP contribution in [0, 0.1) is 5.82 Å². The highest BCUT2D eigenvalue weighted by Crippen LogP contribution is 2.27. The van der Waals surface area contributed by atoms with E-state index in [-0.39, 0.29) is 5.82 Å². The summed E-state index contributed by atoms with van der Waals surface area (Å²) in [6.07, 6.45) is 0.383. The van der Waals surface area contributed by atoms with Crippen LogP contribution in [0.25, 0.3) is 10.9 Å². The lowest BCUT2D eigenvalue weighted by Gasteiger charge is -2.20. The second-order valence-corrected chi connectivity index (χ2v) is 4.25. The third-order valence-corrected chi connectivity index (χ3v) is 3.19. The lowest BCUT2D eigenvalue weighted by atomic mass is 9.99. The molecule has 0 fully saturated rings. The molecule has 0 amide bonds. The maximum absolute atomic E-state index is 13.2. The van der Waals surface area contributed by atoms with Gasteiger partial charge in [0.15, 0.2) is 0 Å². The number of nitrogens with one attached hydrogen (secondary N) is 2. The number of hydrogen-bond donors (Lipinski definition) is 3. The normalized spacial score (nSPS) is 19.2. The number of rotatable bonds is 1. The van der Waals surface area contributed by atoms with Crippen molar-refractivity contribution in [1.29, 1.82) is 0 Å². The maximum Gasteiger partial charge on any atom is 0.321 e. The van der Waals surface area contributed by atoms with Gasteiger partial charge in [-0.2, -0.15) is 0 Å². The minimum Gasteiger partial charge on any atom is -0.480 e. The number of carboxylic acids is 1. The second-order valence-electron chi connectivity index (χ2n) is 4.25. The second kappa shape index (κ2) is 3.56. The summed E-state index contributed by atoms with van der Waals surface area (Å²) < 4.78 is 13.2. The van der Waals surface area contributed by atoms with E-state index in [2.05, 4.69) is 10.3 Å². The van der Waals surface area contributed by atoms with Crippen LogP contribution in [-0.2, 0) is 17.8 Å². The van der Waals surface area contributed by atoms with Crippen molar-refractivity contribution in [3.8, 4) is 0 Å². The molecule has 0 saturated heterocycles. The van der Waals surface area contributed by atoms with E-state index in [0.717, 1.165) is 22.2 Å². The number of aromatic amines is 1. The van der Waals surface area contributed by atoms with Gasteiger partial charge in [-0.15, -0.1) is 0 Å². The minimum absolute atomic E-state index is 0.301. The van der Waals surface area contributed by atoms with Crippen LogP contribution in [0.3, 0.4) is 0 Å². The number of H-pyrrole nitrogens is 1. The molecule has 3 rings (SSSR count). The Morgan fingerprint density at radius 3 is 3.06 bits per heavy atom. The van der Waals surface area contributed by atoms with Crippen molar-refractivity contribution < 1.29 is 14.3 Å². The monoisotopic (exact) mass is 234 g/mol. The molecule has 1 aromatic heterocycles. The van der Waals surface area contributed by atoms with Gasteiger partial charge in [-0.05, 0) is 23.8 Å². The van der Waals surface area contributed by atoms with Gasteiger partial charge in [-0.1, -0.05) is 0 Å². The molecule has 0 saturated carbocycles. The van der Waals surface area contributed by atoms with Gasteiger partial charge < -0.3 is 10.1 Å². The Labute approximate surface area is 96.4 Å². The first kappa shape index (κ1) is 10.3. The highest BCUT2D eigenvalue weighted by Gasteiger charge is 2.26. The first-order valence-corrected chi connectivity index (χ1v) is 5.40. The van der Waals surface area contributed by atoms with Crippen LogP contribution in [-0.4, -0.2) is 22.1 Å². The molecule has 1 aromatic carbocycles. The molecule has 5 heteroatoms. The van der Waals surface area contributed by atoms with Gasteiger partial charge in [-0.25, -0.2) is 4.39 Å². The number of benzene rings is 1. The van der Waals surface area contributed by atoms with Gasteiger partial charge in [-0.3, -0.25) is 10.1 Å². The predicted octanol–water partition coefficient (Wildman–Crippen LogP) is 1.41. The lowest BCUT2D eigenvalue weighted by Crippen LogP contribution is -2.41. The molecule has 3 N–H and O–H groups in total. The van der Waals surface area contributed by atoms with E-state index in [4.69, 9.17) is 5.11 Å². The number of aromatic nitrogens is 1. The zero-order valence-corrected chi connectivity index (χ0v) is 8.96. The van der Waals surface area contributed by atoms with E-state index in [1.54, 1.807) is 6.07 Å². The molecule has 0 unspecified atom stereocenters. The number of hydrogen-bond acceptors (Lipinski definition) is 2. The molecule has 0 spiro atoms. The van der Waals surface area contributed by atoms with Gasteiger partial charge in [0.25, 0.3) is 0 Å². The Bertz CT molecular complexity index is 606. The van der Waals surface area contributed by atoms with E-state index < -0.39 is 12.0 Å². The fourth-order valence-electron chi connectivity index (χ4n) is 2.34. The summed E-state index contributed by atoms with van der Waals surface area (Å²) in [4.78, 5) is 14.1. The molecule has 1 aliphatic heterocycles. The first-order valence-electron chi connectivity index (χ1n) is 5.40. The zero-order valence-electron chi connectivity index (χ0n) is 8.96. The molecule has 0 aliphatic carbocycles. The van der Waals surface area contributed by atoms with Crippen molar-refractivity contribution in [2.45, 2.75) is 19.0 Å². The Morgan fingerprint density at radius 1 is 1.47 bits per heavy atom. The van der Waals surface area contributed by atoms with Gasteiger partial charge in [0.2, 0.25) is 0 Å². The fourth-order valence-corrected chi connectivity index (χ4v) is 2.34. The van der Waals surface area contributed by atoms with Gasteiger partial charge in [0, 0.05) is 29.6 Å². The summed E-state index contributed by atoms with van der Waals surface area (Å²) in [5.74, 6) is -1.17. The first-order chi connectivity index (χ1) is 8.15. The molecule has 2 heterocycles. The molecular formula is C12H11FN2O2. The zero-order chi connectivity index (χ0) is 12.0. The third-order valence-electron chi connectivity index (χ3n) is 3.19. The van der Waals surface area contributed by atoms with Crippen molar-refractivity contribution in [1.82, 2.24) is 10.3 Å². The molecule has 1 atom stereocenters. The van der Waals surface area contributed by atoms with Gasteiger partial charge >= 0.3 is 5.97 Å². The van der Waals surface area contributed by atoms with E-state index in [9.17, 15) is 9.18 Å². The molecule has 0 bridgehead atoms. The summed E-state index contributed by atoms with van der Waals surface area (Å²) in [6.45, 7) is 0.475. The highest BCUT2D eigenvalue weighted by molar-refractivity contribution is 5.86. The summed E-state index contributed by atoms with van der Waals surface area (Å²) in [7, 11) is 0. The molecule has 4 nitrogen and oxygen atoms in total. The number of carboxylic acid groups (broad SMARTS) is 1. The van der Waals surface area contributed by atoms with Gasteiger partial charge in [0.05, 0.1) is 0 Å². The Kier molecular flexibility index (Phi) is 2.16. The number of halogens is 1. The van der Waals surface area contributed by atoms with Crippen molar-refractivity contribution >= 4 is 16.9 Å². The quantitative estimate of drug-likeness (QED) is 0.699. The van der Waals surface area contributed by atoms with Crippen molar-refractivity contribution in [2.75, 3.05) is 0 Å². The largest absolute Gasteiger partial charge is 0.480 e. The average molecular weight is 234 g/mol. The fraction of sp³-hybridized carbons (Fsp3) is 0.250. The maximum atomic E-state index is 13.2. The smallest absolute Gasteiger partial charge is 0.321 e. The SMILES string of the molecule is O=C(O)[C@@H]1Cc2c([nH]c3ccc(F)cc23)CN1. The van der Waals surface area contributed by atoms with Crippen LogP contribution in [0.4, 0.5) is 4.39 Å². The average Bonchev–Trinajstić information content (AvgIpc) is 2.66. The van der Waals surface area contributed by atoms with E-state index >= 15 is 0 Å². The number of carbonyl (C=O) groups is 1. The highest BCUT2D eigenvalue weighted by atomic mass is 19.1. The van der Waals surface area contributed by atoms with Crippen LogP contribution < -0.4 is 5.32 Å². The van der Waals surface area contributed by atoms with Crippen LogP contribution in [0.15, 0.2) is 18.2 Å². The minimum atomic E-state index is -0.874. The Balaban J connectivity index is 2.13. The van der Waals surface area contributed by atoms with Crippen molar-refractivity contribution in [3.05, 3.63) is 35.3 Å². The van der Waals surface area contributed by atoms with E-state index in [1.807, 2.05) is 0 Å². The van der Waals surface area contributed by atoms with Crippen LogP contribution in [0.1, 0.15) is 11.3 Å². The molecule has 0 radical (unpaired) electrons. The summed E-state index contributed by atoms with van der Waals surface area (Å²) in [5.41, 5.74) is 2.71. The van der Waals surface area contributed by atoms with Crippen LogP contribution >= 0.6 is 0 Å². The van der Waals surface area contributed by atoms with Crippen molar-refractivity contribution in [2.24, 2.45) is 0 Å². The third kappa shape index (κ3) is 1.59. The molecule has 1 aliphatic rings. The van der Waals surface area contributed by atoms with E-state index in [1.165, 1.54) is 12.1 Å². The summed E-state index contributed by atoms with van der Waals surface area (Å²) >= 11 is 0. The number of aliphatic carboxylic acids is 1. The standard InChI is InChI=1S/C12H11FN2O2/c13-6-1-2-9-7(3-6)8-4-10(12(16)17)14-5-11(8)15-9/h1-3,10,14-15H,4-5H2,(H,16,17)/t10-/m0/s1. The lowest BCUT2D eigenvalue weighted by molar-refractivity contribution is -0.139. The summed E-state index contributed by atoms with van der Waals surface area (Å²) in [5, 5.41) is 12.7. The molecular weight excluding hydrogens is 223 g/mol. The Morgan fingerprint density at radius 2 is 2.29 bits per heavy atom. The number of fused-ring (bicyclic) bond motifs is 3. The van der Waals surface area contributed by atoms with Crippen LogP contribution in [0.5, 0.6) is 0 Å². The Hall–Kier alpha value is -1.88. The van der Waals surface area contributed by atoms with Gasteiger partial charge in [0.1, 0.15) is 11.9 Å². The molecule has 17 heavy (non-hydrogen) atoms.